The molecule has 0 bridgehead atoms. The fraction of sp³-hybridized carbons (Fsp3) is 0.125. The Morgan fingerprint density at radius 3 is 2.91 bits per heavy atom. The molecule has 7 nitrogen and oxygen atoms in total. The van der Waals surface area contributed by atoms with Gasteiger partial charge in [0.1, 0.15) is 6.04 Å². The van der Waals surface area contributed by atoms with Crippen LogP contribution >= 0.6 is 0 Å². The fourth-order valence-corrected chi connectivity index (χ4v) is 2.31. The first-order valence-electron chi connectivity index (χ1n) is 7.05. The minimum absolute atomic E-state index is 0.276. The summed E-state index contributed by atoms with van der Waals surface area (Å²) in [6.45, 7) is 3.85. The van der Waals surface area contributed by atoms with Crippen molar-refractivity contribution < 1.29 is 9.59 Å². The maximum atomic E-state index is 12.3. The molecule has 3 heterocycles. The third-order valence-electron chi connectivity index (χ3n) is 3.44. The van der Waals surface area contributed by atoms with E-state index in [1.54, 1.807) is 53.6 Å². The monoisotopic (exact) mass is 309 g/mol. The second kappa shape index (κ2) is 6.27. The number of anilines is 1. The van der Waals surface area contributed by atoms with Gasteiger partial charge in [-0.2, -0.15) is 5.10 Å². The topological polar surface area (TPSA) is 80.1 Å². The van der Waals surface area contributed by atoms with Gasteiger partial charge in [-0.1, -0.05) is 18.7 Å². The Bertz CT molecular complexity index is 749. The molecule has 2 aromatic rings. The summed E-state index contributed by atoms with van der Waals surface area (Å²) in [7, 11) is 0. The molecule has 0 spiro atoms. The van der Waals surface area contributed by atoms with Crippen molar-refractivity contribution in [1.82, 2.24) is 19.7 Å². The first kappa shape index (κ1) is 14.7. The summed E-state index contributed by atoms with van der Waals surface area (Å²) in [5.41, 5.74) is 0.553. The molecule has 0 aromatic carbocycles. The number of nitrogens with one attached hydrogen (secondary N) is 1. The van der Waals surface area contributed by atoms with E-state index in [1.165, 1.54) is 11.0 Å². The van der Waals surface area contributed by atoms with Crippen LogP contribution in [-0.2, 0) is 9.59 Å². The van der Waals surface area contributed by atoms with Gasteiger partial charge in [-0.15, -0.1) is 0 Å². The Labute approximate surface area is 132 Å². The molecular weight excluding hydrogens is 294 g/mol. The lowest BCUT2D eigenvalue weighted by Crippen LogP contribution is -2.42. The zero-order valence-electron chi connectivity index (χ0n) is 12.3. The quantitative estimate of drug-likeness (QED) is 0.679. The summed E-state index contributed by atoms with van der Waals surface area (Å²) in [5, 5.41) is 6.84. The molecule has 7 heteroatoms. The molecule has 0 saturated carbocycles. The summed E-state index contributed by atoms with van der Waals surface area (Å²) in [6, 6.07) is 4.65. The summed E-state index contributed by atoms with van der Waals surface area (Å²) in [5.74, 6) is 0.0853. The van der Waals surface area contributed by atoms with E-state index in [9.17, 15) is 9.59 Å². The van der Waals surface area contributed by atoms with Crippen molar-refractivity contribution >= 4 is 17.5 Å². The molecule has 0 unspecified atom stereocenters. The highest BCUT2D eigenvalue weighted by Crippen LogP contribution is 2.14. The summed E-state index contributed by atoms with van der Waals surface area (Å²) in [6.07, 6.45) is 9.67. The Balaban J connectivity index is 1.69. The number of hydrogen-bond donors (Lipinski definition) is 1. The first-order chi connectivity index (χ1) is 11.2. The molecule has 23 heavy (non-hydrogen) atoms. The van der Waals surface area contributed by atoms with E-state index in [2.05, 4.69) is 22.0 Å². The summed E-state index contributed by atoms with van der Waals surface area (Å²) < 4.78 is 1.62. The highest BCUT2D eigenvalue weighted by atomic mass is 16.2. The Morgan fingerprint density at radius 1 is 1.39 bits per heavy atom. The largest absolute Gasteiger partial charge is 0.323 e. The zero-order chi connectivity index (χ0) is 16.2. The molecule has 116 valence electrons. The standard InChI is InChI=1S/C16H15N5O2/c1-2-15(22)20-9-3-5-13(20)16(23)19-12-6-7-14(17-11-12)21-10-4-8-18-21/h2-8,10-11,13H,1,9H2,(H,19,23)/t13-/m0/s1. The van der Waals surface area contributed by atoms with E-state index in [4.69, 9.17) is 0 Å². The first-order valence-corrected chi connectivity index (χ1v) is 7.05. The van der Waals surface area contributed by atoms with Crippen LogP contribution in [0.4, 0.5) is 5.69 Å². The van der Waals surface area contributed by atoms with Crippen molar-refractivity contribution in [2.45, 2.75) is 6.04 Å². The van der Waals surface area contributed by atoms with Crippen molar-refractivity contribution in [2.24, 2.45) is 0 Å². The van der Waals surface area contributed by atoms with Crippen LogP contribution in [0.3, 0.4) is 0 Å². The van der Waals surface area contributed by atoms with Crippen LogP contribution in [0.15, 0.2) is 61.6 Å². The molecule has 0 aliphatic carbocycles. The van der Waals surface area contributed by atoms with Gasteiger partial charge < -0.3 is 10.2 Å². The highest BCUT2D eigenvalue weighted by molar-refractivity contribution is 6.00. The third kappa shape index (κ3) is 3.03. The SMILES string of the molecule is C=CC(=O)N1CC=C[C@H]1C(=O)Nc1ccc(-n2cccn2)nc1. The molecule has 2 amide bonds. The van der Waals surface area contributed by atoms with Crippen molar-refractivity contribution in [3.63, 3.8) is 0 Å². The highest BCUT2D eigenvalue weighted by Gasteiger charge is 2.29. The van der Waals surface area contributed by atoms with Gasteiger partial charge in [0.25, 0.3) is 5.91 Å². The molecule has 1 atom stereocenters. The van der Waals surface area contributed by atoms with Gasteiger partial charge in [0.15, 0.2) is 5.82 Å². The van der Waals surface area contributed by atoms with Crippen molar-refractivity contribution in [3.8, 4) is 5.82 Å². The maximum absolute atomic E-state index is 12.3. The molecule has 3 rings (SSSR count). The van der Waals surface area contributed by atoms with E-state index in [-0.39, 0.29) is 11.8 Å². The van der Waals surface area contributed by atoms with Crippen LogP contribution in [-0.4, -0.2) is 44.1 Å². The van der Waals surface area contributed by atoms with Crippen molar-refractivity contribution in [1.29, 1.82) is 0 Å². The molecular formula is C16H15N5O2. The molecule has 1 aliphatic heterocycles. The number of hydrogen-bond acceptors (Lipinski definition) is 4. The lowest BCUT2D eigenvalue weighted by atomic mass is 10.2. The number of carbonyl (C=O) groups is 2. The molecule has 0 radical (unpaired) electrons. The molecule has 0 fully saturated rings. The van der Waals surface area contributed by atoms with E-state index in [1.807, 2.05) is 0 Å². The van der Waals surface area contributed by atoms with Crippen LogP contribution in [0.2, 0.25) is 0 Å². The molecule has 1 N–H and O–H groups in total. The van der Waals surface area contributed by atoms with E-state index in [0.717, 1.165) is 0 Å². The average molecular weight is 309 g/mol. The van der Waals surface area contributed by atoms with Gasteiger partial charge in [-0.25, -0.2) is 9.67 Å². The second-order valence-electron chi connectivity index (χ2n) is 4.91. The number of amides is 2. The van der Waals surface area contributed by atoms with Gasteiger partial charge in [0.05, 0.1) is 11.9 Å². The van der Waals surface area contributed by atoms with Crippen LogP contribution in [0, 0.1) is 0 Å². The maximum Gasteiger partial charge on any atom is 0.251 e. The van der Waals surface area contributed by atoms with Crippen LogP contribution in [0.5, 0.6) is 0 Å². The third-order valence-corrected chi connectivity index (χ3v) is 3.44. The van der Waals surface area contributed by atoms with Gasteiger partial charge in [0, 0.05) is 18.9 Å². The predicted octanol–water partition coefficient (Wildman–Crippen LogP) is 1.16. The number of nitrogens with zero attached hydrogens (tertiary/aromatic N) is 4. The zero-order valence-corrected chi connectivity index (χ0v) is 12.3. The summed E-state index contributed by atoms with van der Waals surface area (Å²) >= 11 is 0. The lowest BCUT2D eigenvalue weighted by molar-refractivity contribution is -0.131. The van der Waals surface area contributed by atoms with Crippen LogP contribution < -0.4 is 5.32 Å². The van der Waals surface area contributed by atoms with Crippen LogP contribution in [0.25, 0.3) is 5.82 Å². The smallest absolute Gasteiger partial charge is 0.251 e. The Kier molecular flexibility index (Phi) is 4.01. The van der Waals surface area contributed by atoms with Gasteiger partial charge in [-0.3, -0.25) is 9.59 Å². The Hall–Kier alpha value is -3.22. The van der Waals surface area contributed by atoms with Gasteiger partial charge in [-0.05, 0) is 24.3 Å². The van der Waals surface area contributed by atoms with E-state index < -0.39 is 6.04 Å². The molecule has 0 saturated heterocycles. The van der Waals surface area contributed by atoms with E-state index in [0.29, 0.717) is 18.1 Å². The minimum atomic E-state index is -0.633. The average Bonchev–Trinajstić information content (AvgIpc) is 3.26. The number of pyridine rings is 1. The van der Waals surface area contributed by atoms with Crippen molar-refractivity contribution in [2.75, 3.05) is 11.9 Å². The normalized spacial score (nSPS) is 16.3. The molecule has 2 aromatic heterocycles. The Morgan fingerprint density at radius 2 is 2.26 bits per heavy atom. The predicted molar refractivity (Wildman–Crippen MR) is 84.8 cm³/mol. The van der Waals surface area contributed by atoms with Crippen molar-refractivity contribution in [3.05, 3.63) is 61.6 Å². The fourth-order valence-electron chi connectivity index (χ4n) is 2.31. The van der Waals surface area contributed by atoms with Gasteiger partial charge >= 0.3 is 0 Å². The van der Waals surface area contributed by atoms with Gasteiger partial charge in [0.2, 0.25) is 5.91 Å². The van der Waals surface area contributed by atoms with E-state index >= 15 is 0 Å². The summed E-state index contributed by atoms with van der Waals surface area (Å²) in [4.78, 5) is 29.7. The number of aromatic nitrogens is 3. The van der Waals surface area contributed by atoms with Crippen LogP contribution in [0.1, 0.15) is 0 Å². The molecule has 1 aliphatic rings. The second-order valence-corrected chi connectivity index (χ2v) is 4.91. The minimum Gasteiger partial charge on any atom is -0.323 e. The lowest BCUT2D eigenvalue weighted by Gasteiger charge is -2.22. The number of carbonyl (C=O) groups excluding carboxylic acids is 2. The number of rotatable bonds is 4.